The molecule has 0 N–H and O–H groups in total. The summed E-state index contributed by atoms with van der Waals surface area (Å²) in [6, 6.07) is 5.50. The molecule has 0 unspecified atom stereocenters. The van der Waals surface area contributed by atoms with E-state index in [2.05, 4.69) is 0 Å². The van der Waals surface area contributed by atoms with Crippen LogP contribution in [0.2, 0.25) is 0 Å². The molecule has 2 nitrogen and oxygen atoms in total. The zero-order valence-corrected chi connectivity index (χ0v) is 5.79. The third-order valence-corrected chi connectivity index (χ3v) is 1.13. The van der Waals surface area contributed by atoms with Gasteiger partial charge < -0.3 is 4.74 Å². The minimum atomic E-state index is -0.316. The quantitative estimate of drug-likeness (QED) is 0.615. The SMILES string of the molecule is O=CCOc1ccc(F)cc1. The molecule has 0 fully saturated rings. The minimum absolute atomic E-state index is 0.00559. The average Bonchev–Trinajstić information content (AvgIpc) is 2.04. The van der Waals surface area contributed by atoms with Gasteiger partial charge in [0.2, 0.25) is 0 Å². The van der Waals surface area contributed by atoms with E-state index in [-0.39, 0.29) is 12.4 Å². The molecule has 0 radical (unpaired) electrons. The number of halogens is 1. The molecule has 0 aliphatic rings. The lowest BCUT2D eigenvalue weighted by Crippen LogP contribution is -1.96. The molecule has 1 aromatic carbocycles. The van der Waals surface area contributed by atoms with E-state index < -0.39 is 0 Å². The molecule has 0 bridgehead atoms. The van der Waals surface area contributed by atoms with Gasteiger partial charge in [-0.05, 0) is 24.3 Å². The molecule has 11 heavy (non-hydrogen) atoms. The molecule has 0 atom stereocenters. The van der Waals surface area contributed by atoms with E-state index in [0.29, 0.717) is 12.0 Å². The number of carbonyl (C=O) groups excluding carboxylic acids is 1. The standard InChI is InChI=1S/C8H7FO2/c9-7-1-3-8(4-2-7)11-6-5-10/h1-5H,6H2. The lowest BCUT2D eigenvalue weighted by Gasteiger charge is -1.99. The van der Waals surface area contributed by atoms with Crippen LogP contribution in [0.3, 0.4) is 0 Å². The van der Waals surface area contributed by atoms with E-state index in [0.717, 1.165) is 0 Å². The number of benzene rings is 1. The topological polar surface area (TPSA) is 26.3 Å². The van der Waals surface area contributed by atoms with Gasteiger partial charge in [0.25, 0.3) is 0 Å². The summed E-state index contributed by atoms with van der Waals surface area (Å²) in [6.45, 7) is 0.00559. The Morgan fingerprint density at radius 1 is 1.36 bits per heavy atom. The number of ether oxygens (including phenoxy) is 1. The Hall–Kier alpha value is -1.38. The van der Waals surface area contributed by atoms with Crippen molar-refractivity contribution in [1.82, 2.24) is 0 Å². The van der Waals surface area contributed by atoms with Crippen LogP contribution in [-0.2, 0) is 4.79 Å². The number of rotatable bonds is 3. The summed E-state index contributed by atoms with van der Waals surface area (Å²) in [5.41, 5.74) is 0. The molecule has 1 rings (SSSR count). The summed E-state index contributed by atoms with van der Waals surface area (Å²) >= 11 is 0. The van der Waals surface area contributed by atoms with Crippen molar-refractivity contribution in [2.75, 3.05) is 6.61 Å². The van der Waals surface area contributed by atoms with Crippen molar-refractivity contribution in [2.24, 2.45) is 0 Å². The molecule has 0 spiro atoms. The van der Waals surface area contributed by atoms with Crippen molar-refractivity contribution in [3.8, 4) is 5.75 Å². The van der Waals surface area contributed by atoms with Gasteiger partial charge in [0.05, 0.1) is 0 Å². The average molecular weight is 154 g/mol. The Bertz CT molecular complexity index is 230. The predicted molar refractivity (Wildman–Crippen MR) is 38.0 cm³/mol. The second kappa shape index (κ2) is 3.71. The van der Waals surface area contributed by atoms with Crippen LogP contribution >= 0.6 is 0 Å². The molecule has 0 saturated heterocycles. The smallest absolute Gasteiger partial charge is 0.157 e. The van der Waals surface area contributed by atoms with Crippen LogP contribution in [0.5, 0.6) is 5.75 Å². The van der Waals surface area contributed by atoms with Gasteiger partial charge in [-0.1, -0.05) is 0 Å². The predicted octanol–water partition coefficient (Wildman–Crippen LogP) is 1.40. The summed E-state index contributed by atoms with van der Waals surface area (Å²) in [4.78, 5) is 9.85. The van der Waals surface area contributed by atoms with Gasteiger partial charge in [0, 0.05) is 0 Å². The van der Waals surface area contributed by atoms with Crippen molar-refractivity contribution >= 4 is 6.29 Å². The van der Waals surface area contributed by atoms with E-state index in [4.69, 9.17) is 4.74 Å². The first-order valence-electron chi connectivity index (χ1n) is 3.15. The second-order valence-corrected chi connectivity index (χ2v) is 1.93. The van der Waals surface area contributed by atoms with E-state index in [1.807, 2.05) is 0 Å². The third-order valence-electron chi connectivity index (χ3n) is 1.13. The maximum absolute atomic E-state index is 12.3. The van der Waals surface area contributed by atoms with Crippen LogP contribution < -0.4 is 4.74 Å². The molecule has 0 heterocycles. The maximum atomic E-state index is 12.3. The van der Waals surface area contributed by atoms with Crippen molar-refractivity contribution in [2.45, 2.75) is 0 Å². The summed E-state index contributed by atoms with van der Waals surface area (Å²) in [6.07, 6.45) is 0.642. The Labute approximate surface area is 63.6 Å². The molecule has 0 amide bonds. The van der Waals surface area contributed by atoms with Gasteiger partial charge >= 0.3 is 0 Å². The highest BCUT2D eigenvalue weighted by atomic mass is 19.1. The van der Waals surface area contributed by atoms with Crippen molar-refractivity contribution in [3.63, 3.8) is 0 Å². The Balaban J connectivity index is 2.58. The molecule has 58 valence electrons. The molecule has 0 aromatic heterocycles. The Morgan fingerprint density at radius 3 is 2.55 bits per heavy atom. The van der Waals surface area contributed by atoms with E-state index in [9.17, 15) is 9.18 Å². The number of hydrogen-bond acceptors (Lipinski definition) is 2. The van der Waals surface area contributed by atoms with Crippen LogP contribution in [0, 0.1) is 5.82 Å². The van der Waals surface area contributed by atoms with Gasteiger partial charge in [-0.15, -0.1) is 0 Å². The maximum Gasteiger partial charge on any atom is 0.157 e. The lowest BCUT2D eigenvalue weighted by molar-refractivity contribution is -0.109. The van der Waals surface area contributed by atoms with Crippen molar-refractivity contribution in [3.05, 3.63) is 30.1 Å². The molecule has 0 aliphatic carbocycles. The largest absolute Gasteiger partial charge is 0.486 e. The molecular weight excluding hydrogens is 147 g/mol. The molecule has 0 aliphatic heterocycles. The summed E-state index contributed by atoms with van der Waals surface area (Å²) < 4.78 is 17.2. The summed E-state index contributed by atoms with van der Waals surface area (Å²) in [5.74, 6) is 0.182. The molecule has 0 saturated carbocycles. The normalized spacial score (nSPS) is 9.18. The van der Waals surface area contributed by atoms with Gasteiger partial charge in [-0.25, -0.2) is 4.39 Å². The first kappa shape index (κ1) is 7.72. The van der Waals surface area contributed by atoms with Crippen molar-refractivity contribution in [1.29, 1.82) is 0 Å². The van der Waals surface area contributed by atoms with Crippen LogP contribution in [0.1, 0.15) is 0 Å². The van der Waals surface area contributed by atoms with Crippen LogP contribution in [0.15, 0.2) is 24.3 Å². The van der Waals surface area contributed by atoms with E-state index in [1.54, 1.807) is 0 Å². The van der Waals surface area contributed by atoms with Crippen LogP contribution in [0.25, 0.3) is 0 Å². The zero-order chi connectivity index (χ0) is 8.10. The summed E-state index contributed by atoms with van der Waals surface area (Å²) in [7, 11) is 0. The Kier molecular flexibility index (Phi) is 2.60. The molecule has 3 heteroatoms. The first-order valence-corrected chi connectivity index (χ1v) is 3.15. The Morgan fingerprint density at radius 2 is 2.00 bits per heavy atom. The van der Waals surface area contributed by atoms with Crippen molar-refractivity contribution < 1.29 is 13.9 Å². The summed E-state index contributed by atoms with van der Waals surface area (Å²) in [5, 5.41) is 0. The lowest BCUT2D eigenvalue weighted by atomic mass is 10.3. The molecular formula is C8H7FO2. The highest BCUT2D eigenvalue weighted by Crippen LogP contribution is 2.09. The van der Waals surface area contributed by atoms with Gasteiger partial charge in [-0.2, -0.15) is 0 Å². The fourth-order valence-electron chi connectivity index (χ4n) is 0.661. The van der Waals surface area contributed by atoms with Gasteiger partial charge in [0.1, 0.15) is 18.2 Å². The van der Waals surface area contributed by atoms with E-state index in [1.165, 1.54) is 24.3 Å². The number of hydrogen-bond donors (Lipinski definition) is 0. The van der Waals surface area contributed by atoms with Gasteiger partial charge in [-0.3, -0.25) is 4.79 Å². The third kappa shape index (κ3) is 2.37. The highest BCUT2D eigenvalue weighted by molar-refractivity contribution is 5.51. The van der Waals surface area contributed by atoms with Gasteiger partial charge in [0.15, 0.2) is 6.29 Å². The first-order chi connectivity index (χ1) is 5.33. The number of carbonyl (C=O) groups is 1. The van der Waals surface area contributed by atoms with Crippen LogP contribution in [-0.4, -0.2) is 12.9 Å². The minimum Gasteiger partial charge on any atom is -0.486 e. The fourth-order valence-corrected chi connectivity index (χ4v) is 0.661. The number of aldehydes is 1. The zero-order valence-electron chi connectivity index (χ0n) is 5.79. The molecule has 1 aromatic rings. The van der Waals surface area contributed by atoms with E-state index >= 15 is 0 Å². The fraction of sp³-hybridized carbons (Fsp3) is 0.125. The highest BCUT2D eigenvalue weighted by Gasteiger charge is 1.91. The monoisotopic (exact) mass is 154 g/mol. The second-order valence-electron chi connectivity index (χ2n) is 1.93. The van der Waals surface area contributed by atoms with Crippen LogP contribution in [0.4, 0.5) is 4.39 Å².